The Kier molecular flexibility index (Phi) is 3.64. The fraction of sp³-hybridized carbons (Fsp3) is 0. The van der Waals surface area contributed by atoms with E-state index in [1.165, 1.54) is 0 Å². The van der Waals surface area contributed by atoms with E-state index in [2.05, 4.69) is 27.7 Å². The number of ketones is 1. The van der Waals surface area contributed by atoms with Gasteiger partial charge in [0.25, 0.3) is 0 Å². The molecule has 3 rings (SSSR count). The van der Waals surface area contributed by atoms with Crippen LogP contribution in [0.2, 0.25) is 0 Å². The smallest absolute Gasteiger partial charge is 0.197 e. The SMILES string of the molecule is O=C(c1cnn(-c2ccccc2)c1)c1ccccc1I. The van der Waals surface area contributed by atoms with Crippen molar-refractivity contribution in [3.05, 3.63) is 81.7 Å². The number of benzene rings is 2. The van der Waals surface area contributed by atoms with Crippen molar-refractivity contribution in [2.24, 2.45) is 0 Å². The summed E-state index contributed by atoms with van der Waals surface area (Å²) in [5, 5.41) is 4.26. The fourth-order valence-corrected chi connectivity index (χ4v) is 2.60. The van der Waals surface area contributed by atoms with E-state index < -0.39 is 0 Å². The van der Waals surface area contributed by atoms with E-state index in [1.54, 1.807) is 17.1 Å². The predicted octanol–water partition coefficient (Wildman–Crippen LogP) is 3.71. The van der Waals surface area contributed by atoms with Crippen LogP contribution in [0.1, 0.15) is 15.9 Å². The lowest BCUT2D eigenvalue weighted by Gasteiger charge is -2.01. The molecule has 0 radical (unpaired) electrons. The van der Waals surface area contributed by atoms with Gasteiger partial charge in [0.2, 0.25) is 0 Å². The van der Waals surface area contributed by atoms with Crippen molar-refractivity contribution in [2.75, 3.05) is 0 Å². The minimum atomic E-state index is -0.00261. The maximum Gasteiger partial charge on any atom is 0.197 e. The van der Waals surface area contributed by atoms with Crippen molar-refractivity contribution >= 4 is 28.4 Å². The Labute approximate surface area is 130 Å². The Hall–Kier alpha value is -1.95. The number of carbonyl (C=O) groups is 1. The lowest BCUT2D eigenvalue weighted by Crippen LogP contribution is -2.02. The van der Waals surface area contributed by atoms with Crippen LogP contribution in [0.25, 0.3) is 5.69 Å². The van der Waals surface area contributed by atoms with Crippen LogP contribution >= 0.6 is 22.6 Å². The summed E-state index contributed by atoms with van der Waals surface area (Å²) in [7, 11) is 0. The average molecular weight is 374 g/mol. The molecule has 1 aromatic heterocycles. The molecule has 0 fully saturated rings. The van der Waals surface area contributed by atoms with Crippen molar-refractivity contribution in [2.45, 2.75) is 0 Å². The third-order valence-corrected chi connectivity index (χ3v) is 3.92. The van der Waals surface area contributed by atoms with Crippen LogP contribution in [0.15, 0.2) is 67.0 Å². The third kappa shape index (κ3) is 2.51. The molecule has 4 heteroatoms. The zero-order valence-electron chi connectivity index (χ0n) is 10.5. The second-order valence-corrected chi connectivity index (χ2v) is 5.48. The molecular weight excluding hydrogens is 363 g/mol. The summed E-state index contributed by atoms with van der Waals surface area (Å²) >= 11 is 2.17. The molecule has 0 bridgehead atoms. The maximum absolute atomic E-state index is 12.5. The van der Waals surface area contributed by atoms with E-state index >= 15 is 0 Å². The van der Waals surface area contributed by atoms with Gasteiger partial charge < -0.3 is 0 Å². The molecule has 3 aromatic rings. The van der Waals surface area contributed by atoms with Gasteiger partial charge in [-0.05, 0) is 46.9 Å². The van der Waals surface area contributed by atoms with E-state index in [-0.39, 0.29) is 5.78 Å². The second kappa shape index (κ2) is 5.58. The average Bonchev–Trinajstić information content (AvgIpc) is 2.98. The molecule has 0 spiro atoms. The van der Waals surface area contributed by atoms with Gasteiger partial charge in [0, 0.05) is 15.3 Å². The summed E-state index contributed by atoms with van der Waals surface area (Å²) < 4.78 is 2.66. The lowest BCUT2D eigenvalue weighted by molar-refractivity contribution is 0.103. The zero-order chi connectivity index (χ0) is 13.9. The van der Waals surface area contributed by atoms with Crippen LogP contribution < -0.4 is 0 Å². The summed E-state index contributed by atoms with van der Waals surface area (Å²) in [5.74, 6) is -0.00261. The molecule has 0 atom stereocenters. The summed E-state index contributed by atoms with van der Waals surface area (Å²) in [4.78, 5) is 12.5. The Bertz CT molecular complexity index is 750. The molecule has 0 saturated carbocycles. The third-order valence-electron chi connectivity index (χ3n) is 2.98. The number of rotatable bonds is 3. The molecule has 3 nitrogen and oxygen atoms in total. The molecule has 0 aliphatic heterocycles. The minimum Gasteiger partial charge on any atom is -0.288 e. The summed E-state index contributed by atoms with van der Waals surface area (Å²) in [6, 6.07) is 17.3. The Morgan fingerprint density at radius 2 is 1.70 bits per heavy atom. The fourth-order valence-electron chi connectivity index (χ4n) is 1.96. The van der Waals surface area contributed by atoms with Gasteiger partial charge in [0.05, 0.1) is 17.4 Å². The first-order chi connectivity index (χ1) is 9.75. The number of carbonyl (C=O) groups excluding carboxylic acids is 1. The van der Waals surface area contributed by atoms with Gasteiger partial charge in [-0.2, -0.15) is 5.10 Å². The van der Waals surface area contributed by atoms with E-state index in [9.17, 15) is 4.79 Å². The number of hydrogen-bond acceptors (Lipinski definition) is 2. The van der Waals surface area contributed by atoms with Gasteiger partial charge in [0.1, 0.15) is 0 Å². The number of nitrogens with zero attached hydrogens (tertiary/aromatic N) is 2. The van der Waals surface area contributed by atoms with Crippen LogP contribution in [0.5, 0.6) is 0 Å². The molecule has 1 heterocycles. The standard InChI is InChI=1S/C16H11IN2O/c17-15-9-5-4-8-14(15)16(20)12-10-18-19(11-12)13-6-2-1-3-7-13/h1-11H. The molecular formula is C16H11IN2O. The van der Waals surface area contributed by atoms with E-state index in [4.69, 9.17) is 0 Å². The molecule has 0 aliphatic carbocycles. The van der Waals surface area contributed by atoms with Crippen LogP contribution in [0, 0.1) is 3.57 Å². The Balaban J connectivity index is 1.95. The highest BCUT2D eigenvalue weighted by atomic mass is 127. The quantitative estimate of drug-likeness (QED) is 0.518. The summed E-state index contributed by atoms with van der Waals surface area (Å²) in [6.45, 7) is 0. The Morgan fingerprint density at radius 1 is 1.00 bits per heavy atom. The van der Waals surface area contributed by atoms with Gasteiger partial charge in [-0.25, -0.2) is 4.68 Å². The first-order valence-corrected chi connectivity index (χ1v) is 7.23. The van der Waals surface area contributed by atoms with Crippen LogP contribution in [0.3, 0.4) is 0 Å². The maximum atomic E-state index is 12.5. The molecule has 98 valence electrons. The molecule has 0 aliphatic rings. The van der Waals surface area contributed by atoms with Crippen molar-refractivity contribution in [1.82, 2.24) is 9.78 Å². The number of aromatic nitrogens is 2. The first kappa shape index (κ1) is 13.1. The van der Waals surface area contributed by atoms with Crippen LogP contribution in [-0.2, 0) is 0 Å². The van der Waals surface area contributed by atoms with Gasteiger partial charge in [-0.15, -0.1) is 0 Å². The van der Waals surface area contributed by atoms with E-state index in [0.29, 0.717) is 11.1 Å². The largest absolute Gasteiger partial charge is 0.288 e. The predicted molar refractivity (Wildman–Crippen MR) is 86.2 cm³/mol. The van der Waals surface area contributed by atoms with Crippen LogP contribution in [-0.4, -0.2) is 15.6 Å². The summed E-state index contributed by atoms with van der Waals surface area (Å²) in [6.07, 6.45) is 3.37. The molecule has 0 amide bonds. The Morgan fingerprint density at radius 3 is 2.45 bits per heavy atom. The molecule has 20 heavy (non-hydrogen) atoms. The monoisotopic (exact) mass is 374 g/mol. The second-order valence-electron chi connectivity index (χ2n) is 4.32. The van der Waals surface area contributed by atoms with Crippen molar-refractivity contribution in [3.8, 4) is 5.69 Å². The highest BCUT2D eigenvalue weighted by molar-refractivity contribution is 14.1. The van der Waals surface area contributed by atoms with Crippen LogP contribution in [0.4, 0.5) is 0 Å². The van der Waals surface area contributed by atoms with E-state index in [1.807, 2.05) is 54.6 Å². The number of halogens is 1. The van der Waals surface area contributed by atoms with Crippen molar-refractivity contribution in [3.63, 3.8) is 0 Å². The highest BCUT2D eigenvalue weighted by Crippen LogP contribution is 2.17. The normalized spacial score (nSPS) is 10.4. The number of hydrogen-bond donors (Lipinski definition) is 0. The minimum absolute atomic E-state index is 0.00261. The molecule has 0 saturated heterocycles. The summed E-state index contributed by atoms with van der Waals surface area (Å²) in [5.41, 5.74) is 2.24. The zero-order valence-corrected chi connectivity index (χ0v) is 12.7. The van der Waals surface area contributed by atoms with Gasteiger partial charge in [0.15, 0.2) is 5.78 Å². The topological polar surface area (TPSA) is 34.9 Å². The van der Waals surface area contributed by atoms with Crippen molar-refractivity contribution < 1.29 is 4.79 Å². The van der Waals surface area contributed by atoms with Gasteiger partial charge >= 0.3 is 0 Å². The highest BCUT2D eigenvalue weighted by Gasteiger charge is 2.14. The molecule has 0 N–H and O–H groups in total. The first-order valence-electron chi connectivity index (χ1n) is 6.15. The van der Waals surface area contributed by atoms with Crippen molar-refractivity contribution in [1.29, 1.82) is 0 Å². The molecule has 0 unspecified atom stereocenters. The van der Waals surface area contributed by atoms with Gasteiger partial charge in [-0.1, -0.05) is 30.3 Å². The van der Waals surface area contributed by atoms with E-state index in [0.717, 1.165) is 9.26 Å². The molecule has 2 aromatic carbocycles. The lowest BCUT2D eigenvalue weighted by atomic mass is 10.1. The number of para-hydroxylation sites is 1. The van der Waals surface area contributed by atoms with Gasteiger partial charge in [-0.3, -0.25) is 4.79 Å².